The Balaban J connectivity index is 1.82. The first-order valence-electron chi connectivity index (χ1n) is 8.26. The Morgan fingerprint density at radius 3 is 2.92 bits per heavy atom. The minimum Gasteiger partial charge on any atom is -0.351 e. The van der Waals surface area contributed by atoms with Crippen LogP contribution < -0.4 is 5.32 Å². The highest BCUT2D eigenvalue weighted by atomic mass is 16.2. The number of hydrogen-bond acceptors (Lipinski definition) is 5. The van der Waals surface area contributed by atoms with E-state index < -0.39 is 0 Å². The number of rotatable bonds is 6. The SMILES string of the molecule is Cc1c(C(=O)NCCCN(C)C)nnn1-c1cccc2cnccc12. The molecule has 0 atom stereocenters. The molecule has 130 valence electrons. The van der Waals surface area contributed by atoms with E-state index in [1.165, 1.54) is 0 Å². The van der Waals surface area contributed by atoms with E-state index in [0.717, 1.165) is 35.1 Å². The minimum atomic E-state index is -0.190. The summed E-state index contributed by atoms with van der Waals surface area (Å²) in [7, 11) is 4.02. The Bertz CT molecular complexity index is 881. The van der Waals surface area contributed by atoms with Crippen LogP contribution >= 0.6 is 0 Å². The molecule has 2 heterocycles. The number of benzene rings is 1. The van der Waals surface area contributed by atoms with Crippen molar-refractivity contribution in [1.82, 2.24) is 30.2 Å². The lowest BCUT2D eigenvalue weighted by molar-refractivity contribution is 0.0946. The molecule has 7 nitrogen and oxygen atoms in total. The second-order valence-corrected chi connectivity index (χ2v) is 6.22. The molecule has 3 rings (SSSR count). The number of carbonyl (C=O) groups is 1. The van der Waals surface area contributed by atoms with Crippen molar-refractivity contribution >= 4 is 16.7 Å². The van der Waals surface area contributed by atoms with Crippen LogP contribution in [0.4, 0.5) is 0 Å². The first-order chi connectivity index (χ1) is 12.1. The van der Waals surface area contributed by atoms with Crippen molar-refractivity contribution in [2.24, 2.45) is 0 Å². The van der Waals surface area contributed by atoms with Gasteiger partial charge in [-0.2, -0.15) is 0 Å². The third-order valence-electron chi connectivity index (χ3n) is 4.06. The van der Waals surface area contributed by atoms with Gasteiger partial charge >= 0.3 is 0 Å². The number of amides is 1. The van der Waals surface area contributed by atoms with Crippen molar-refractivity contribution in [2.75, 3.05) is 27.2 Å². The van der Waals surface area contributed by atoms with E-state index in [9.17, 15) is 4.79 Å². The zero-order chi connectivity index (χ0) is 17.8. The number of nitrogens with one attached hydrogen (secondary N) is 1. The summed E-state index contributed by atoms with van der Waals surface area (Å²) in [5.74, 6) is -0.190. The fourth-order valence-corrected chi connectivity index (χ4v) is 2.74. The predicted molar refractivity (Wildman–Crippen MR) is 96.9 cm³/mol. The van der Waals surface area contributed by atoms with Gasteiger partial charge in [-0.25, -0.2) is 4.68 Å². The summed E-state index contributed by atoms with van der Waals surface area (Å²) in [5.41, 5.74) is 1.96. The van der Waals surface area contributed by atoms with E-state index in [4.69, 9.17) is 0 Å². The molecule has 3 aromatic rings. The predicted octanol–water partition coefficient (Wildman–Crippen LogP) is 1.81. The van der Waals surface area contributed by atoms with Crippen molar-refractivity contribution in [3.05, 3.63) is 48.0 Å². The van der Waals surface area contributed by atoms with Crippen LogP contribution in [0.3, 0.4) is 0 Å². The summed E-state index contributed by atoms with van der Waals surface area (Å²) in [6, 6.07) is 7.84. The topological polar surface area (TPSA) is 75.9 Å². The summed E-state index contributed by atoms with van der Waals surface area (Å²) >= 11 is 0. The number of hydrogen-bond donors (Lipinski definition) is 1. The van der Waals surface area contributed by atoms with Gasteiger partial charge in [-0.15, -0.1) is 5.10 Å². The maximum atomic E-state index is 12.4. The molecule has 2 aromatic heterocycles. The molecule has 0 radical (unpaired) electrons. The van der Waals surface area contributed by atoms with E-state index in [-0.39, 0.29) is 5.91 Å². The average molecular weight is 338 g/mol. The minimum absolute atomic E-state index is 0.190. The first kappa shape index (κ1) is 17.0. The summed E-state index contributed by atoms with van der Waals surface area (Å²) < 4.78 is 1.71. The zero-order valence-electron chi connectivity index (χ0n) is 14.7. The molecule has 0 aliphatic rings. The molecule has 0 spiro atoms. The molecule has 0 saturated carbocycles. The molecule has 7 heteroatoms. The zero-order valence-corrected chi connectivity index (χ0v) is 14.7. The van der Waals surface area contributed by atoms with Crippen LogP contribution in [-0.4, -0.2) is 58.0 Å². The highest BCUT2D eigenvalue weighted by Crippen LogP contribution is 2.22. The van der Waals surface area contributed by atoms with Gasteiger partial charge in [0, 0.05) is 29.7 Å². The van der Waals surface area contributed by atoms with Gasteiger partial charge in [-0.3, -0.25) is 9.78 Å². The van der Waals surface area contributed by atoms with Gasteiger partial charge in [0.1, 0.15) is 0 Å². The smallest absolute Gasteiger partial charge is 0.273 e. The first-order valence-corrected chi connectivity index (χ1v) is 8.26. The maximum absolute atomic E-state index is 12.4. The molecule has 0 saturated heterocycles. The molecular weight excluding hydrogens is 316 g/mol. The van der Waals surface area contributed by atoms with E-state index in [1.54, 1.807) is 10.9 Å². The quantitative estimate of drug-likeness (QED) is 0.694. The molecule has 25 heavy (non-hydrogen) atoms. The third kappa shape index (κ3) is 3.66. The lowest BCUT2D eigenvalue weighted by Crippen LogP contribution is -2.28. The van der Waals surface area contributed by atoms with Crippen molar-refractivity contribution in [3.8, 4) is 5.69 Å². The molecule has 0 fully saturated rings. The van der Waals surface area contributed by atoms with Crippen molar-refractivity contribution in [3.63, 3.8) is 0 Å². The van der Waals surface area contributed by atoms with Crippen LogP contribution in [-0.2, 0) is 0 Å². The number of carbonyl (C=O) groups excluding carboxylic acids is 1. The second kappa shape index (κ2) is 7.40. The van der Waals surface area contributed by atoms with Crippen LogP contribution in [0.25, 0.3) is 16.5 Å². The average Bonchev–Trinajstić information content (AvgIpc) is 2.99. The van der Waals surface area contributed by atoms with Gasteiger partial charge in [0.2, 0.25) is 0 Å². The number of aromatic nitrogens is 4. The largest absolute Gasteiger partial charge is 0.351 e. The highest BCUT2D eigenvalue weighted by Gasteiger charge is 2.18. The van der Waals surface area contributed by atoms with Crippen LogP contribution in [0.2, 0.25) is 0 Å². The Kier molecular flexibility index (Phi) is 5.04. The lowest BCUT2D eigenvalue weighted by atomic mass is 10.1. The Morgan fingerprint density at radius 1 is 1.28 bits per heavy atom. The maximum Gasteiger partial charge on any atom is 0.273 e. The van der Waals surface area contributed by atoms with Crippen LogP contribution in [0.1, 0.15) is 22.6 Å². The summed E-state index contributed by atoms with van der Waals surface area (Å²) in [6.07, 6.45) is 4.45. The fraction of sp³-hybridized carbons (Fsp3) is 0.333. The Hall–Kier alpha value is -2.80. The molecule has 1 aromatic carbocycles. The third-order valence-corrected chi connectivity index (χ3v) is 4.06. The number of nitrogens with zero attached hydrogens (tertiary/aromatic N) is 5. The van der Waals surface area contributed by atoms with Crippen molar-refractivity contribution in [2.45, 2.75) is 13.3 Å². The number of fused-ring (bicyclic) bond motifs is 1. The van der Waals surface area contributed by atoms with E-state index in [2.05, 4.69) is 25.5 Å². The van der Waals surface area contributed by atoms with Gasteiger partial charge < -0.3 is 10.2 Å². The van der Waals surface area contributed by atoms with Crippen LogP contribution in [0.5, 0.6) is 0 Å². The molecule has 0 unspecified atom stereocenters. The van der Waals surface area contributed by atoms with E-state index in [1.807, 2.05) is 51.5 Å². The normalized spacial score (nSPS) is 11.2. The molecule has 0 aliphatic carbocycles. The molecular formula is C18H22N6O. The van der Waals surface area contributed by atoms with Gasteiger partial charge in [-0.05, 0) is 46.1 Å². The van der Waals surface area contributed by atoms with Gasteiger partial charge in [0.15, 0.2) is 5.69 Å². The highest BCUT2D eigenvalue weighted by molar-refractivity contribution is 5.94. The summed E-state index contributed by atoms with van der Waals surface area (Å²) in [6.45, 7) is 3.40. The summed E-state index contributed by atoms with van der Waals surface area (Å²) in [4.78, 5) is 18.6. The van der Waals surface area contributed by atoms with Crippen molar-refractivity contribution < 1.29 is 4.79 Å². The van der Waals surface area contributed by atoms with Gasteiger partial charge in [0.25, 0.3) is 5.91 Å². The van der Waals surface area contributed by atoms with Crippen LogP contribution in [0.15, 0.2) is 36.7 Å². The standard InChI is InChI=1S/C18H22N6O/c1-13-17(18(25)20-9-5-11-23(2)3)21-22-24(13)16-7-4-6-14-12-19-10-8-15(14)16/h4,6-8,10,12H,5,9,11H2,1-3H3,(H,20,25). The van der Waals surface area contributed by atoms with Gasteiger partial charge in [0.05, 0.1) is 11.4 Å². The fourth-order valence-electron chi connectivity index (χ4n) is 2.74. The molecule has 1 N–H and O–H groups in total. The van der Waals surface area contributed by atoms with Crippen LogP contribution in [0, 0.1) is 6.92 Å². The molecule has 0 bridgehead atoms. The second-order valence-electron chi connectivity index (χ2n) is 6.22. The lowest BCUT2D eigenvalue weighted by Gasteiger charge is -2.09. The van der Waals surface area contributed by atoms with Gasteiger partial charge in [-0.1, -0.05) is 17.3 Å². The van der Waals surface area contributed by atoms with Crippen molar-refractivity contribution in [1.29, 1.82) is 0 Å². The monoisotopic (exact) mass is 338 g/mol. The Morgan fingerprint density at radius 2 is 2.12 bits per heavy atom. The van der Waals surface area contributed by atoms with E-state index in [0.29, 0.717) is 12.2 Å². The molecule has 1 amide bonds. The van der Waals surface area contributed by atoms with E-state index >= 15 is 0 Å². The summed E-state index contributed by atoms with van der Waals surface area (Å²) in [5, 5.41) is 13.2. The Labute approximate surface area is 146 Å². The number of pyridine rings is 1. The molecule has 0 aliphatic heterocycles.